The third-order valence-corrected chi connectivity index (χ3v) is 4.17. The van der Waals surface area contributed by atoms with Gasteiger partial charge in [0.2, 0.25) is 0 Å². The molecule has 0 aliphatic heterocycles. The molecule has 2 N–H and O–H groups in total. The Bertz CT molecular complexity index is 965. The molecule has 0 radical (unpaired) electrons. The van der Waals surface area contributed by atoms with E-state index in [1.165, 1.54) is 6.07 Å². The Kier molecular flexibility index (Phi) is 4.76. The number of methoxy groups -OCH3 is 1. The lowest BCUT2D eigenvalue weighted by atomic mass is 10.2. The van der Waals surface area contributed by atoms with Crippen molar-refractivity contribution in [3.05, 3.63) is 53.0 Å². The van der Waals surface area contributed by atoms with Crippen LogP contribution in [0.1, 0.15) is 10.4 Å². The molecule has 3 rings (SSSR count). The first-order valence-corrected chi connectivity index (χ1v) is 8.17. The maximum atomic E-state index is 11.1. The van der Waals surface area contributed by atoms with Crippen LogP contribution < -0.4 is 9.47 Å². The van der Waals surface area contributed by atoms with Crippen molar-refractivity contribution >= 4 is 32.9 Å². The van der Waals surface area contributed by atoms with E-state index in [0.29, 0.717) is 35.0 Å². The number of rotatable bonds is 6. The van der Waals surface area contributed by atoms with Crippen LogP contribution in [-0.2, 0) is 0 Å². The first-order valence-electron chi connectivity index (χ1n) is 7.38. The number of halogens is 1. The van der Waals surface area contributed by atoms with E-state index in [2.05, 4.69) is 32.5 Å². The monoisotopic (exact) mass is 402 g/mol. The van der Waals surface area contributed by atoms with Crippen LogP contribution in [0.2, 0.25) is 0 Å². The summed E-state index contributed by atoms with van der Waals surface area (Å²) in [6.45, 7) is 3.99. The summed E-state index contributed by atoms with van der Waals surface area (Å²) in [6, 6.07) is 8.42. The number of hydrogen-bond donors (Lipinski definition) is 2. The van der Waals surface area contributed by atoms with Crippen LogP contribution in [0.5, 0.6) is 11.5 Å². The van der Waals surface area contributed by atoms with Gasteiger partial charge in [-0.1, -0.05) is 12.7 Å². The second-order valence-electron chi connectivity index (χ2n) is 5.21. The van der Waals surface area contributed by atoms with Crippen molar-refractivity contribution in [2.45, 2.75) is 0 Å². The van der Waals surface area contributed by atoms with Crippen LogP contribution in [-0.4, -0.2) is 34.8 Å². The first kappa shape index (κ1) is 17.0. The minimum absolute atomic E-state index is 0.203. The average molecular weight is 403 g/mol. The average Bonchev–Trinajstić information content (AvgIpc) is 3.03. The first-order chi connectivity index (χ1) is 12.0. The van der Waals surface area contributed by atoms with E-state index in [0.717, 1.165) is 10.0 Å². The van der Waals surface area contributed by atoms with Gasteiger partial charge in [-0.05, 0) is 46.3 Å². The lowest BCUT2D eigenvalue weighted by Crippen LogP contribution is -1.98. The molecule has 0 fully saturated rings. The maximum absolute atomic E-state index is 11.1. The molecule has 1 aromatic heterocycles. The Morgan fingerprint density at radius 2 is 2.20 bits per heavy atom. The summed E-state index contributed by atoms with van der Waals surface area (Å²) in [4.78, 5) is 18.7. The molecule has 0 saturated carbocycles. The number of benzene rings is 2. The molecule has 25 heavy (non-hydrogen) atoms. The van der Waals surface area contributed by atoms with Crippen LogP contribution >= 0.6 is 15.9 Å². The topological polar surface area (TPSA) is 84.4 Å². The Morgan fingerprint density at radius 3 is 2.88 bits per heavy atom. The lowest BCUT2D eigenvalue weighted by molar-refractivity contribution is 0.0697. The molecule has 3 aromatic rings. The summed E-state index contributed by atoms with van der Waals surface area (Å²) in [5, 5.41) is 9.10. The molecular formula is C18H15BrN2O4. The summed E-state index contributed by atoms with van der Waals surface area (Å²) in [5.41, 5.74) is 2.32. The van der Waals surface area contributed by atoms with Crippen LogP contribution in [0.3, 0.4) is 0 Å². The highest BCUT2D eigenvalue weighted by Gasteiger charge is 2.15. The number of imidazole rings is 1. The molecule has 0 aliphatic rings. The van der Waals surface area contributed by atoms with Crippen LogP contribution in [0, 0.1) is 0 Å². The fraction of sp³-hybridized carbons (Fsp3) is 0.111. The molecule has 0 aliphatic carbocycles. The zero-order chi connectivity index (χ0) is 18.0. The van der Waals surface area contributed by atoms with Gasteiger partial charge in [-0.15, -0.1) is 0 Å². The number of aromatic carboxylic acids is 1. The van der Waals surface area contributed by atoms with Gasteiger partial charge in [0.05, 0.1) is 28.2 Å². The van der Waals surface area contributed by atoms with Gasteiger partial charge < -0.3 is 19.6 Å². The number of hydrogen-bond acceptors (Lipinski definition) is 4. The van der Waals surface area contributed by atoms with E-state index in [1.807, 2.05) is 6.07 Å². The zero-order valence-electron chi connectivity index (χ0n) is 13.4. The standard InChI is InChI=1S/C18H15BrN2O4/c1-3-6-25-16-12(19)7-11(9-15(16)24-2)17-20-13-5-4-10(18(22)23)8-14(13)21-17/h3-5,7-9H,1,6H2,2H3,(H,20,21)(H,22,23). The second-order valence-corrected chi connectivity index (χ2v) is 6.07. The number of ether oxygens (including phenoxy) is 2. The van der Waals surface area contributed by atoms with Crippen molar-refractivity contribution in [1.82, 2.24) is 9.97 Å². The summed E-state index contributed by atoms with van der Waals surface area (Å²) in [7, 11) is 1.56. The number of H-pyrrole nitrogens is 1. The van der Waals surface area contributed by atoms with E-state index in [-0.39, 0.29) is 5.56 Å². The fourth-order valence-electron chi connectivity index (χ4n) is 2.42. The predicted molar refractivity (Wildman–Crippen MR) is 98.4 cm³/mol. The number of nitrogens with one attached hydrogen (secondary N) is 1. The van der Waals surface area contributed by atoms with Crippen molar-refractivity contribution in [2.75, 3.05) is 13.7 Å². The highest BCUT2D eigenvalue weighted by molar-refractivity contribution is 9.10. The van der Waals surface area contributed by atoms with Gasteiger partial charge in [0.1, 0.15) is 12.4 Å². The number of carboxylic acids is 1. The SMILES string of the molecule is C=CCOc1c(Br)cc(-c2nc3ccc(C(=O)O)cc3[nH]2)cc1OC. The summed E-state index contributed by atoms with van der Waals surface area (Å²) >= 11 is 3.48. The molecular weight excluding hydrogens is 388 g/mol. The Labute approximate surface area is 152 Å². The molecule has 0 unspecified atom stereocenters. The van der Waals surface area contributed by atoms with Crippen molar-refractivity contribution in [1.29, 1.82) is 0 Å². The van der Waals surface area contributed by atoms with Crippen molar-refractivity contribution in [2.24, 2.45) is 0 Å². The van der Waals surface area contributed by atoms with Gasteiger partial charge in [0, 0.05) is 5.56 Å². The summed E-state index contributed by atoms with van der Waals surface area (Å²) in [6.07, 6.45) is 1.65. The zero-order valence-corrected chi connectivity index (χ0v) is 15.0. The van der Waals surface area contributed by atoms with Crippen molar-refractivity contribution < 1.29 is 19.4 Å². The Morgan fingerprint density at radius 1 is 1.40 bits per heavy atom. The number of aromatic amines is 1. The number of fused-ring (bicyclic) bond motifs is 1. The third kappa shape index (κ3) is 3.36. The minimum Gasteiger partial charge on any atom is -0.493 e. The van der Waals surface area contributed by atoms with Crippen LogP contribution in [0.25, 0.3) is 22.4 Å². The van der Waals surface area contributed by atoms with Gasteiger partial charge in [-0.2, -0.15) is 0 Å². The minimum atomic E-state index is -0.980. The van der Waals surface area contributed by atoms with Crippen LogP contribution in [0.15, 0.2) is 47.5 Å². The molecule has 0 saturated heterocycles. The lowest BCUT2D eigenvalue weighted by Gasteiger charge is -2.12. The van der Waals surface area contributed by atoms with Gasteiger partial charge in [0.15, 0.2) is 11.5 Å². The molecule has 0 spiro atoms. The molecule has 128 valence electrons. The van der Waals surface area contributed by atoms with E-state index in [4.69, 9.17) is 14.6 Å². The normalized spacial score (nSPS) is 10.6. The molecule has 6 nitrogen and oxygen atoms in total. The van der Waals surface area contributed by atoms with E-state index >= 15 is 0 Å². The van der Waals surface area contributed by atoms with Crippen molar-refractivity contribution in [3.8, 4) is 22.9 Å². The van der Waals surface area contributed by atoms with Gasteiger partial charge in [-0.25, -0.2) is 9.78 Å². The number of aromatic nitrogens is 2. The van der Waals surface area contributed by atoms with E-state index < -0.39 is 5.97 Å². The molecule has 7 heteroatoms. The quantitative estimate of drug-likeness (QED) is 0.601. The number of carbonyl (C=O) groups is 1. The number of nitrogens with zero attached hydrogens (tertiary/aromatic N) is 1. The highest BCUT2D eigenvalue weighted by Crippen LogP contribution is 2.39. The van der Waals surface area contributed by atoms with Crippen LogP contribution in [0.4, 0.5) is 0 Å². The smallest absolute Gasteiger partial charge is 0.335 e. The molecule has 0 atom stereocenters. The highest BCUT2D eigenvalue weighted by atomic mass is 79.9. The molecule has 1 heterocycles. The van der Waals surface area contributed by atoms with Gasteiger partial charge >= 0.3 is 5.97 Å². The maximum Gasteiger partial charge on any atom is 0.335 e. The predicted octanol–water partition coefficient (Wildman–Crippen LogP) is 4.26. The second kappa shape index (κ2) is 6.98. The van der Waals surface area contributed by atoms with E-state index in [9.17, 15) is 4.79 Å². The van der Waals surface area contributed by atoms with Gasteiger partial charge in [-0.3, -0.25) is 0 Å². The summed E-state index contributed by atoms with van der Waals surface area (Å²) in [5.74, 6) is 0.756. The number of carboxylic acid groups (broad SMARTS) is 1. The Hall–Kier alpha value is -2.80. The third-order valence-electron chi connectivity index (χ3n) is 3.58. The molecule has 0 bridgehead atoms. The Balaban J connectivity index is 2.06. The summed E-state index contributed by atoms with van der Waals surface area (Å²) < 4.78 is 11.7. The van der Waals surface area contributed by atoms with Gasteiger partial charge in [0.25, 0.3) is 0 Å². The van der Waals surface area contributed by atoms with Crippen molar-refractivity contribution in [3.63, 3.8) is 0 Å². The molecule has 0 amide bonds. The van der Waals surface area contributed by atoms with E-state index in [1.54, 1.807) is 31.4 Å². The largest absolute Gasteiger partial charge is 0.493 e. The fourth-order valence-corrected chi connectivity index (χ4v) is 2.97. The molecule has 2 aromatic carbocycles.